The molecule has 2 saturated heterocycles. The highest BCUT2D eigenvalue weighted by atomic mass is 32.2. The van der Waals surface area contributed by atoms with Gasteiger partial charge in [-0.15, -0.1) is 0 Å². The summed E-state index contributed by atoms with van der Waals surface area (Å²) in [5.41, 5.74) is 0. The van der Waals surface area contributed by atoms with E-state index >= 15 is 0 Å². The van der Waals surface area contributed by atoms with Gasteiger partial charge in [0, 0.05) is 18.6 Å². The van der Waals surface area contributed by atoms with E-state index in [0.717, 1.165) is 19.4 Å². The molecule has 21 heavy (non-hydrogen) atoms. The number of hydrogen-bond donors (Lipinski definition) is 3. The van der Waals surface area contributed by atoms with E-state index in [-0.39, 0.29) is 17.7 Å². The first kappa shape index (κ1) is 16.3. The van der Waals surface area contributed by atoms with Crippen molar-refractivity contribution in [3.8, 4) is 0 Å². The van der Waals surface area contributed by atoms with E-state index < -0.39 is 16.1 Å². The Morgan fingerprint density at radius 3 is 2.76 bits per heavy atom. The average molecular weight is 316 g/mol. The summed E-state index contributed by atoms with van der Waals surface area (Å²) in [6, 6.07) is -0.118. The first-order valence-corrected chi connectivity index (χ1v) is 8.93. The maximum atomic E-state index is 12.1. The highest BCUT2D eigenvalue weighted by Crippen LogP contribution is 2.19. The molecular formula is C13H24N4O3S. The lowest BCUT2D eigenvalue weighted by Crippen LogP contribution is -2.46. The molecule has 0 aromatic rings. The van der Waals surface area contributed by atoms with Crippen LogP contribution in [0, 0.1) is 0 Å². The number of nitrogens with zero attached hydrogens (tertiary/aromatic N) is 1. The third-order valence-electron chi connectivity index (χ3n) is 3.95. The Bertz CT molecular complexity index is 518. The Hall–Kier alpha value is -1.12. The van der Waals surface area contributed by atoms with Gasteiger partial charge in [0.15, 0.2) is 0 Å². The molecule has 0 saturated carbocycles. The molecule has 1 amide bonds. The van der Waals surface area contributed by atoms with Crippen LogP contribution in [0.2, 0.25) is 0 Å². The number of rotatable bonds is 6. The van der Waals surface area contributed by atoms with Gasteiger partial charge in [-0.3, -0.25) is 9.69 Å². The van der Waals surface area contributed by atoms with Crippen molar-refractivity contribution in [2.45, 2.75) is 44.8 Å². The molecule has 7 nitrogen and oxygen atoms in total. The Morgan fingerprint density at radius 1 is 1.48 bits per heavy atom. The summed E-state index contributed by atoms with van der Waals surface area (Å²) in [5.74, 6) is -0.274. The number of carbonyl (C=O) groups is 1. The fourth-order valence-corrected chi connectivity index (χ4v) is 4.16. The number of likely N-dealkylation sites (tertiary alicyclic amines) is 1. The van der Waals surface area contributed by atoms with Gasteiger partial charge >= 0.3 is 0 Å². The van der Waals surface area contributed by atoms with Crippen LogP contribution in [0.5, 0.6) is 0 Å². The lowest BCUT2D eigenvalue weighted by atomic mass is 10.2. The van der Waals surface area contributed by atoms with Crippen LogP contribution in [0.15, 0.2) is 12.4 Å². The highest BCUT2D eigenvalue weighted by molar-refractivity contribution is 7.89. The summed E-state index contributed by atoms with van der Waals surface area (Å²) >= 11 is 0. The van der Waals surface area contributed by atoms with Crippen molar-refractivity contribution in [3.05, 3.63) is 12.4 Å². The molecule has 2 heterocycles. The van der Waals surface area contributed by atoms with Gasteiger partial charge in [0.2, 0.25) is 15.9 Å². The summed E-state index contributed by atoms with van der Waals surface area (Å²) < 4.78 is 26.8. The molecule has 0 radical (unpaired) electrons. The fourth-order valence-electron chi connectivity index (χ4n) is 2.92. The van der Waals surface area contributed by atoms with E-state index in [4.69, 9.17) is 0 Å². The molecule has 0 bridgehead atoms. The monoisotopic (exact) mass is 316 g/mol. The first-order chi connectivity index (χ1) is 9.78. The lowest BCUT2D eigenvalue weighted by molar-refractivity contribution is -0.119. The fraction of sp³-hybridized carbons (Fsp3) is 0.769. The number of amides is 1. The van der Waals surface area contributed by atoms with Crippen molar-refractivity contribution in [1.82, 2.24) is 20.3 Å². The molecule has 0 aliphatic carbocycles. The molecule has 2 atom stereocenters. The highest BCUT2D eigenvalue weighted by Gasteiger charge is 2.32. The molecule has 2 aliphatic rings. The quantitative estimate of drug-likeness (QED) is 0.605. The third-order valence-corrected chi connectivity index (χ3v) is 5.33. The van der Waals surface area contributed by atoms with Crippen LogP contribution < -0.4 is 15.4 Å². The van der Waals surface area contributed by atoms with Crippen molar-refractivity contribution >= 4 is 15.9 Å². The zero-order valence-corrected chi connectivity index (χ0v) is 13.4. The first-order valence-electron chi connectivity index (χ1n) is 7.28. The van der Waals surface area contributed by atoms with Crippen molar-refractivity contribution < 1.29 is 13.2 Å². The summed E-state index contributed by atoms with van der Waals surface area (Å²) in [5, 5.41) is 5.19. The Balaban J connectivity index is 1.87. The topological polar surface area (TPSA) is 90.5 Å². The number of sulfonamides is 1. The van der Waals surface area contributed by atoms with Crippen LogP contribution in [0.25, 0.3) is 0 Å². The molecule has 2 rings (SSSR count). The normalized spacial score (nSPS) is 27.2. The van der Waals surface area contributed by atoms with E-state index in [1.165, 1.54) is 0 Å². The van der Waals surface area contributed by atoms with Crippen molar-refractivity contribution in [2.24, 2.45) is 0 Å². The molecule has 3 N–H and O–H groups in total. The minimum atomic E-state index is -3.50. The standard InChI is InChI=1S/C13H24N4O3S/c1-9(2)17-6-4-5-11(17)7-14-21(19,20)8-12-13(18)16-10(3)15-12/h9,11-12,14-15H,3-8H2,1-2H3,(H,16,18)/t11-,12?/m0/s1. The molecule has 0 aromatic carbocycles. The minimum absolute atomic E-state index is 0.236. The van der Waals surface area contributed by atoms with E-state index in [2.05, 4.69) is 40.7 Å². The Morgan fingerprint density at radius 2 is 2.19 bits per heavy atom. The summed E-state index contributed by atoms with van der Waals surface area (Å²) in [6.07, 6.45) is 2.09. The second kappa shape index (κ2) is 6.33. The minimum Gasteiger partial charge on any atom is -0.360 e. The predicted octanol–water partition coefficient (Wildman–Crippen LogP) is -0.662. The maximum Gasteiger partial charge on any atom is 0.249 e. The Labute approximate surface area is 126 Å². The van der Waals surface area contributed by atoms with Gasteiger partial charge in [-0.25, -0.2) is 13.1 Å². The zero-order valence-electron chi connectivity index (χ0n) is 12.6. The van der Waals surface area contributed by atoms with Crippen molar-refractivity contribution in [2.75, 3.05) is 18.8 Å². The van der Waals surface area contributed by atoms with Crippen LogP contribution in [0.4, 0.5) is 0 Å². The van der Waals surface area contributed by atoms with Crippen LogP contribution in [-0.4, -0.2) is 56.2 Å². The molecular weight excluding hydrogens is 292 g/mol. The van der Waals surface area contributed by atoms with Gasteiger partial charge in [-0.05, 0) is 33.2 Å². The van der Waals surface area contributed by atoms with E-state index in [1.807, 2.05) is 0 Å². The predicted molar refractivity (Wildman–Crippen MR) is 80.9 cm³/mol. The molecule has 8 heteroatoms. The van der Waals surface area contributed by atoms with Crippen molar-refractivity contribution in [3.63, 3.8) is 0 Å². The Kier molecular flexibility index (Phi) is 4.90. The van der Waals surface area contributed by atoms with Crippen LogP contribution >= 0.6 is 0 Å². The lowest BCUT2D eigenvalue weighted by Gasteiger charge is -2.28. The van der Waals surface area contributed by atoms with Crippen molar-refractivity contribution in [1.29, 1.82) is 0 Å². The van der Waals surface area contributed by atoms with E-state index in [0.29, 0.717) is 18.4 Å². The molecule has 1 unspecified atom stereocenters. The van der Waals surface area contributed by atoms with Gasteiger partial charge in [0.25, 0.3) is 0 Å². The van der Waals surface area contributed by atoms with Gasteiger partial charge in [-0.2, -0.15) is 0 Å². The van der Waals surface area contributed by atoms with Gasteiger partial charge < -0.3 is 10.6 Å². The molecule has 0 spiro atoms. The average Bonchev–Trinajstić information content (AvgIpc) is 2.94. The van der Waals surface area contributed by atoms with Gasteiger partial charge in [0.05, 0.1) is 11.6 Å². The molecule has 120 valence electrons. The smallest absolute Gasteiger partial charge is 0.249 e. The number of nitrogens with one attached hydrogen (secondary N) is 3. The summed E-state index contributed by atoms with van der Waals surface area (Å²) in [6.45, 7) is 9.20. The molecule has 2 fully saturated rings. The zero-order chi connectivity index (χ0) is 15.6. The second-order valence-electron chi connectivity index (χ2n) is 5.92. The molecule has 2 aliphatic heterocycles. The number of carbonyl (C=O) groups excluding carboxylic acids is 1. The van der Waals surface area contributed by atoms with Gasteiger partial charge in [-0.1, -0.05) is 6.58 Å². The van der Waals surface area contributed by atoms with Crippen LogP contribution in [-0.2, 0) is 14.8 Å². The van der Waals surface area contributed by atoms with E-state index in [9.17, 15) is 13.2 Å². The second-order valence-corrected chi connectivity index (χ2v) is 7.77. The van der Waals surface area contributed by atoms with Gasteiger partial charge in [0.1, 0.15) is 6.04 Å². The van der Waals surface area contributed by atoms with E-state index in [1.54, 1.807) is 0 Å². The maximum absolute atomic E-state index is 12.1. The van der Waals surface area contributed by atoms with Crippen LogP contribution in [0.3, 0.4) is 0 Å². The summed E-state index contributed by atoms with van der Waals surface area (Å²) in [7, 11) is -3.50. The largest absolute Gasteiger partial charge is 0.360 e. The van der Waals surface area contributed by atoms with Crippen LogP contribution in [0.1, 0.15) is 26.7 Å². The number of hydrogen-bond acceptors (Lipinski definition) is 5. The molecule has 0 aromatic heterocycles. The third kappa shape index (κ3) is 4.18. The summed E-state index contributed by atoms with van der Waals surface area (Å²) in [4.78, 5) is 13.8. The SMILES string of the molecule is C=C1NC(=O)C(CS(=O)(=O)NC[C@@H]2CCCN2C(C)C)N1.